The van der Waals surface area contributed by atoms with Crippen molar-refractivity contribution in [2.75, 3.05) is 0 Å². The fourth-order valence-corrected chi connectivity index (χ4v) is 2.57. The Kier molecular flexibility index (Phi) is 3.96. The van der Waals surface area contributed by atoms with Crippen molar-refractivity contribution in [3.05, 3.63) is 0 Å². The third kappa shape index (κ3) is 2.50. The largest absolute Gasteiger partial charge is 0.0654 e. The molecular weight excluding hydrogens is 132 g/mol. The Hall–Kier alpha value is 0. The van der Waals surface area contributed by atoms with Crippen molar-refractivity contribution in [1.82, 2.24) is 0 Å². The van der Waals surface area contributed by atoms with E-state index >= 15 is 0 Å². The van der Waals surface area contributed by atoms with Crippen LogP contribution in [0.25, 0.3) is 0 Å². The molecule has 2 atom stereocenters. The third-order valence-electron chi connectivity index (χ3n) is 3.25. The zero-order valence-corrected chi connectivity index (χ0v) is 8.10. The average Bonchev–Trinajstić information content (AvgIpc) is 2.06. The minimum Gasteiger partial charge on any atom is -0.0654 e. The minimum atomic E-state index is 1.07. The van der Waals surface area contributed by atoms with Crippen LogP contribution >= 0.6 is 0 Å². The van der Waals surface area contributed by atoms with Crippen molar-refractivity contribution in [1.29, 1.82) is 0 Å². The van der Waals surface area contributed by atoms with Crippen LogP contribution in [0.4, 0.5) is 0 Å². The number of hydrogen-bond donors (Lipinski definition) is 0. The van der Waals surface area contributed by atoms with Crippen molar-refractivity contribution in [2.24, 2.45) is 11.8 Å². The van der Waals surface area contributed by atoms with Gasteiger partial charge in [0.15, 0.2) is 0 Å². The number of hydrogen-bond acceptors (Lipinski definition) is 0. The molecule has 1 rings (SSSR count). The maximum absolute atomic E-state index is 2.36. The quantitative estimate of drug-likeness (QED) is 0.576. The standard InChI is InChI=1S/C11H22/c1-3-7-11-9-6-5-8-10(11)4-2/h10-11H,3-9H2,1-2H3/t10-,11+/m1/s1. The maximum Gasteiger partial charge on any atom is -0.0386 e. The van der Waals surface area contributed by atoms with Crippen LogP contribution in [0.3, 0.4) is 0 Å². The Morgan fingerprint density at radius 2 is 1.64 bits per heavy atom. The van der Waals surface area contributed by atoms with E-state index in [-0.39, 0.29) is 0 Å². The predicted molar refractivity (Wildman–Crippen MR) is 50.6 cm³/mol. The van der Waals surface area contributed by atoms with Gasteiger partial charge in [-0.25, -0.2) is 0 Å². The molecule has 1 fully saturated rings. The summed E-state index contributed by atoms with van der Waals surface area (Å²) >= 11 is 0. The Morgan fingerprint density at radius 1 is 1.00 bits per heavy atom. The summed E-state index contributed by atoms with van der Waals surface area (Å²) in [5, 5.41) is 0. The van der Waals surface area contributed by atoms with Gasteiger partial charge in [-0.15, -0.1) is 0 Å². The Balaban J connectivity index is 2.31. The molecule has 0 aromatic carbocycles. The van der Waals surface area contributed by atoms with Crippen LogP contribution in [0.15, 0.2) is 0 Å². The molecule has 0 unspecified atom stereocenters. The molecule has 0 heteroatoms. The van der Waals surface area contributed by atoms with Gasteiger partial charge < -0.3 is 0 Å². The molecule has 11 heavy (non-hydrogen) atoms. The van der Waals surface area contributed by atoms with Gasteiger partial charge >= 0.3 is 0 Å². The second kappa shape index (κ2) is 4.79. The van der Waals surface area contributed by atoms with E-state index in [0.29, 0.717) is 0 Å². The Morgan fingerprint density at radius 3 is 2.18 bits per heavy atom. The summed E-state index contributed by atoms with van der Waals surface area (Å²) < 4.78 is 0. The first-order chi connectivity index (χ1) is 5.38. The molecule has 0 nitrogen and oxygen atoms in total. The molecule has 66 valence electrons. The second-order valence-electron chi connectivity index (χ2n) is 4.00. The molecule has 0 spiro atoms. The number of rotatable bonds is 3. The highest BCUT2D eigenvalue weighted by Crippen LogP contribution is 2.34. The van der Waals surface area contributed by atoms with Gasteiger partial charge in [0, 0.05) is 0 Å². The Labute approximate surface area is 71.4 Å². The van der Waals surface area contributed by atoms with E-state index < -0.39 is 0 Å². The first-order valence-electron chi connectivity index (χ1n) is 5.38. The summed E-state index contributed by atoms with van der Waals surface area (Å²) in [5.41, 5.74) is 0. The average molecular weight is 154 g/mol. The van der Waals surface area contributed by atoms with Gasteiger partial charge in [0.25, 0.3) is 0 Å². The van der Waals surface area contributed by atoms with Crippen molar-refractivity contribution < 1.29 is 0 Å². The zero-order valence-electron chi connectivity index (χ0n) is 8.10. The van der Waals surface area contributed by atoms with Crippen LogP contribution in [0, 0.1) is 11.8 Å². The van der Waals surface area contributed by atoms with Crippen LogP contribution in [-0.2, 0) is 0 Å². The zero-order chi connectivity index (χ0) is 8.10. The molecule has 0 bridgehead atoms. The molecule has 0 heterocycles. The molecule has 0 radical (unpaired) electrons. The summed E-state index contributed by atoms with van der Waals surface area (Å²) in [5.74, 6) is 2.16. The van der Waals surface area contributed by atoms with E-state index in [1.807, 2.05) is 0 Å². The Bertz CT molecular complexity index is 94.2. The van der Waals surface area contributed by atoms with Crippen molar-refractivity contribution in [3.63, 3.8) is 0 Å². The molecule has 0 aromatic rings. The lowest BCUT2D eigenvalue weighted by Gasteiger charge is -2.30. The van der Waals surface area contributed by atoms with Crippen molar-refractivity contribution in [3.8, 4) is 0 Å². The van der Waals surface area contributed by atoms with Gasteiger partial charge in [-0.3, -0.25) is 0 Å². The summed E-state index contributed by atoms with van der Waals surface area (Å²) in [7, 11) is 0. The minimum absolute atomic E-state index is 1.07. The lowest BCUT2D eigenvalue weighted by atomic mass is 9.76. The van der Waals surface area contributed by atoms with Gasteiger partial charge in [0.2, 0.25) is 0 Å². The normalized spacial score (nSPS) is 32.2. The molecule has 0 aromatic heterocycles. The summed E-state index contributed by atoms with van der Waals surface area (Å²) in [6, 6.07) is 0. The van der Waals surface area contributed by atoms with E-state index in [4.69, 9.17) is 0 Å². The molecule has 0 amide bonds. The highest BCUT2D eigenvalue weighted by Gasteiger charge is 2.22. The summed E-state index contributed by atoms with van der Waals surface area (Å²) in [6.45, 7) is 4.68. The highest BCUT2D eigenvalue weighted by atomic mass is 14.3. The van der Waals surface area contributed by atoms with Gasteiger partial charge in [-0.1, -0.05) is 58.8 Å². The fourth-order valence-electron chi connectivity index (χ4n) is 2.57. The van der Waals surface area contributed by atoms with E-state index in [2.05, 4.69) is 13.8 Å². The molecule has 1 aliphatic rings. The summed E-state index contributed by atoms with van der Waals surface area (Å²) in [4.78, 5) is 0. The molecule has 1 aliphatic carbocycles. The summed E-state index contributed by atoms with van der Waals surface area (Å²) in [6.07, 6.45) is 10.3. The first-order valence-corrected chi connectivity index (χ1v) is 5.38. The van der Waals surface area contributed by atoms with Crippen molar-refractivity contribution >= 4 is 0 Å². The molecule has 0 saturated heterocycles. The lowest BCUT2D eigenvalue weighted by molar-refractivity contribution is 0.216. The molecule has 0 N–H and O–H groups in total. The molecule has 1 saturated carbocycles. The monoisotopic (exact) mass is 154 g/mol. The topological polar surface area (TPSA) is 0 Å². The van der Waals surface area contributed by atoms with Gasteiger partial charge in [-0.05, 0) is 11.8 Å². The van der Waals surface area contributed by atoms with E-state index in [1.165, 1.54) is 44.9 Å². The van der Waals surface area contributed by atoms with Gasteiger partial charge in [-0.2, -0.15) is 0 Å². The van der Waals surface area contributed by atoms with Crippen molar-refractivity contribution in [2.45, 2.75) is 58.8 Å². The van der Waals surface area contributed by atoms with Crippen LogP contribution in [0.2, 0.25) is 0 Å². The molecule has 0 aliphatic heterocycles. The van der Waals surface area contributed by atoms with Crippen LogP contribution < -0.4 is 0 Å². The van der Waals surface area contributed by atoms with E-state index in [0.717, 1.165) is 11.8 Å². The van der Waals surface area contributed by atoms with Gasteiger partial charge in [0.05, 0.1) is 0 Å². The van der Waals surface area contributed by atoms with Crippen LogP contribution in [-0.4, -0.2) is 0 Å². The lowest BCUT2D eigenvalue weighted by Crippen LogP contribution is -2.18. The SMILES string of the molecule is CCC[C@H]1CCCC[C@H]1CC. The maximum atomic E-state index is 2.36. The van der Waals surface area contributed by atoms with E-state index in [1.54, 1.807) is 0 Å². The van der Waals surface area contributed by atoms with Crippen LogP contribution in [0.5, 0.6) is 0 Å². The first kappa shape index (κ1) is 9.09. The second-order valence-corrected chi connectivity index (χ2v) is 4.00. The van der Waals surface area contributed by atoms with Gasteiger partial charge in [0.1, 0.15) is 0 Å². The van der Waals surface area contributed by atoms with Crippen LogP contribution in [0.1, 0.15) is 58.8 Å². The fraction of sp³-hybridized carbons (Fsp3) is 1.00. The smallest absolute Gasteiger partial charge is 0.0386 e. The van der Waals surface area contributed by atoms with E-state index in [9.17, 15) is 0 Å². The predicted octanol–water partition coefficient (Wildman–Crippen LogP) is 4.00. The highest BCUT2D eigenvalue weighted by molar-refractivity contribution is 4.73. The third-order valence-corrected chi connectivity index (χ3v) is 3.25. The molecular formula is C11H22.